The maximum atomic E-state index is 10.3. The summed E-state index contributed by atoms with van der Waals surface area (Å²) >= 11 is 0. The molecule has 3 aromatic carbocycles. The van der Waals surface area contributed by atoms with E-state index in [2.05, 4.69) is 0 Å². The molecular weight excluding hydrogens is 548 g/mol. The molecule has 0 aliphatic heterocycles. The predicted octanol–water partition coefficient (Wildman–Crippen LogP) is 2.28. The Morgan fingerprint density at radius 1 is 0.364 bits per heavy atom. The molecule has 0 fully saturated rings. The van der Waals surface area contributed by atoms with E-state index >= 15 is 0 Å². The molecule has 0 saturated carbocycles. The van der Waals surface area contributed by atoms with Gasteiger partial charge in [-0.2, -0.15) is 0 Å². The molecule has 107 valence electrons. The van der Waals surface area contributed by atoms with Crippen molar-refractivity contribution in [3.63, 3.8) is 0 Å². The smallest absolute Gasteiger partial charge is 0.872 e. The van der Waals surface area contributed by atoms with E-state index in [1.807, 2.05) is 18.2 Å². The Bertz CT molecular complexity index is 497. The van der Waals surface area contributed by atoms with Crippen LogP contribution in [0.5, 0.6) is 17.2 Å². The molecule has 0 bridgehead atoms. The molecule has 0 spiro atoms. The summed E-state index contributed by atoms with van der Waals surface area (Å²) in [5, 5.41) is 30.8. The number of benzene rings is 3. The summed E-state index contributed by atoms with van der Waals surface area (Å²) in [4.78, 5) is 0. The molecule has 0 amide bonds. The fourth-order valence-corrected chi connectivity index (χ4v) is 1.26. The Hall–Kier alpha value is -3.94. The van der Waals surface area contributed by atoms with Crippen LogP contribution in [-0.2, 0) is 0 Å². The van der Waals surface area contributed by atoms with Crippen LogP contribution in [0.4, 0.5) is 0 Å². The van der Waals surface area contributed by atoms with Gasteiger partial charge in [0.1, 0.15) is 0 Å². The van der Waals surface area contributed by atoms with Crippen LogP contribution in [-0.4, -0.2) is 0 Å². The SMILES string of the molecule is [Nh+3].[O-]c1ccccc1.[O-]c1ccccc1.[O-]c1ccccc1. The summed E-state index contributed by atoms with van der Waals surface area (Å²) in [6, 6.07) is 25.0. The predicted molar refractivity (Wildman–Crippen MR) is 77.7 cm³/mol. The van der Waals surface area contributed by atoms with E-state index < -0.39 is 0 Å². The molecule has 0 atom stereocenters. The summed E-state index contributed by atoms with van der Waals surface area (Å²) in [6.45, 7) is 0. The molecule has 22 heavy (non-hydrogen) atoms. The molecule has 0 saturated heterocycles. The standard InChI is InChI=1S/3C6H6O.Nh/c3*7-6-4-2-1-3-5-6;/h3*1-5,7H;/q;;;+3/p-3. The minimum atomic E-state index is 0. The van der Waals surface area contributed by atoms with Gasteiger partial charge < -0.3 is 15.3 Å². The third-order valence-corrected chi connectivity index (χ3v) is 2.23. The Morgan fingerprint density at radius 3 is 0.636 bits per heavy atom. The van der Waals surface area contributed by atoms with Crippen LogP contribution in [0.15, 0.2) is 91.0 Å². The molecule has 3 rings (SSSR count). The second-order valence-electron chi connectivity index (χ2n) is 3.94. The van der Waals surface area contributed by atoms with Crippen molar-refractivity contribution in [3.8, 4) is 17.2 Å². The van der Waals surface area contributed by atoms with Gasteiger partial charge in [-0.25, -0.2) is 0 Å². The number of hydrogen-bond acceptors (Lipinski definition) is 3. The minimum Gasteiger partial charge on any atom is -0.872 e. The van der Waals surface area contributed by atoms with Crippen molar-refractivity contribution in [2.75, 3.05) is 0 Å². The third kappa shape index (κ3) is 9.05. The fraction of sp³-hybridized carbons (Fsp3) is 0. The van der Waals surface area contributed by atoms with Crippen LogP contribution in [0.1, 0.15) is 0 Å². The second kappa shape index (κ2) is 10.9. The van der Waals surface area contributed by atoms with Crippen LogP contribution in [0.3, 0.4) is 0 Å². The Morgan fingerprint density at radius 2 is 0.545 bits per heavy atom. The van der Waals surface area contributed by atoms with Gasteiger partial charge in [0, 0.05) is 0 Å². The van der Waals surface area contributed by atoms with Crippen molar-refractivity contribution in [2.45, 2.75) is 0 Å². The van der Waals surface area contributed by atoms with E-state index in [9.17, 15) is 15.3 Å². The average Bonchev–Trinajstić information content (AvgIpc) is 2.51. The molecule has 0 aliphatic carbocycles. The molecular formula is C18H15NhO3. The molecule has 0 radical (unpaired) electrons. The molecule has 0 heterocycles. The first kappa shape index (κ1) is 18.1. The van der Waals surface area contributed by atoms with E-state index in [0.717, 1.165) is 0 Å². The van der Waals surface area contributed by atoms with E-state index in [-0.39, 0.29) is 17.2 Å². The fourth-order valence-electron chi connectivity index (χ4n) is 1.26. The van der Waals surface area contributed by atoms with Gasteiger partial charge in [-0.05, 0) is 0 Å². The van der Waals surface area contributed by atoms with Gasteiger partial charge in [0.2, 0.25) is 0 Å². The van der Waals surface area contributed by atoms with E-state index in [0.29, 0.717) is 0 Å². The quantitative estimate of drug-likeness (QED) is 0.422. The first-order valence-electron chi connectivity index (χ1n) is 6.34. The number of rotatable bonds is 0. The van der Waals surface area contributed by atoms with Crippen molar-refractivity contribution in [1.82, 2.24) is 0 Å². The Labute approximate surface area is 124 Å². The van der Waals surface area contributed by atoms with Gasteiger partial charge in [-0.1, -0.05) is 91.0 Å². The van der Waals surface area contributed by atoms with Crippen LogP contribution in [0.2, 0.25) is 0 Å². The topological polar surface area (TPSA) is 69.2 Å². The van der Waals surface area contributed by atoms with Crippen molar-refractivity contribution in [3.05, 3.63) is 91.0 Å². The van der Waals surface area contributed by atoms with Crippen molar-refractivity contribution < 1.29 is 15.3 Å². The largest absolute Gasteiger partial charge is 3.00 e. The third-order valence-electron chi connectivity index (χ3n) is 2.23. The van der Waals surface area contributed by atoms with E-state index in [1.54, 1.807) is 36.4 Å². The minimum absolute atomic E-state index is 0. The zero-order valence-corrected chi connectivity index (χ0v) is 18.8. The maximum Gasteiger partial charge on any atom is 3.00 e. The monoisotopic (exact) mass is 563 g/mol. The van der Waals surface area contributed by atoms with Crippen LogP contribution in [0.25, 0.3) is 0 Å². The molecule has 0 aromatic heterocycles. The summed E-state index contributed by atoms with van der Waals surface area (Å²) in [5.74, 6) is 0.215. The Kier molecular flexibility index (Phi) is 8.98. The molecule has 0 N–H and O–H groups in total. The summed E-state index contributed by atoms with van der Waals surface area (Å²) in [5.41, 5.74) is 0. The number of para-hydroxylation sites is 3. The maximum absolute atomic E-state index is 10.3. The first-order chi connectivity index (χ1) is 10.2. The summed E-state index contributed by atoms with van der Waals surface area (Å²) in [6.07, 6.45) is 0. The normalized spacial score (nSPS) is 8.18. The van der Waals surface area contributed by atoms with Gasteiger partial charge in [-0.15, -0.1) is 17.2 Å². The van der Waals surface area contributed by atoms with Gasteiger partial charge in [0.25, 0.3) is 0 Å². The van der Waals surface area contributed by atoms with Crippen LogP contribution in [0, 0.1) is 0 Å². The van der Waals surface area contributed by atoms with E-state index in [4.69, 9.17) is 0 Å². The van der Waals surface area contributed by atoms with Crippen LogP contribution >= 0.6 is 0 Å². The zero-order valence-electron chi connectivity index (χ0n) is 12.1. The van der Waals surface area contributed by atoms with Gasteiger partial charge in [-0.3, -0.25) is 0 Å². The molecule has 0 unspecified atom stereocenters. The molecule has 4 heteroatoms. The average molecular weight is 563 g/mol. The Balaban J connectivity index is 0.000000294. The van der Waals surface area contributed by atoms with Crippen molar-refractivity contribution >= 4 is 0 Å². The molecule has 0 aliphatic rings. The zero-order chi connectivity index (χ0) is 15.3. The van der Waals surface area contributed by atoms with Crippen molar-refractivity contribution in [1.29, 1.82) is 0 Å². The van der Waals surface area contributed by atoms with Crippen molar-refractivity contribution in [2.24, 2.45) is 0 Å². The first-order valence-corrected chi connectivity index (χ1v) is 6.34. The van der Waals surface area contributed by atoms with Gasteiger partial charge >= 0.3 is 0 Å². The van der Waals surface area contributed by atoms with Gasteiger partial charge in [0.05, 0.1) is 0 Å². The second-order valence-corrected chi connectivity index (χ2v) is 3.94. The summed E-state index contributed by atoms with van der Waals surface area (Å²) < 4.78 is 0. The van der Waals surface area contributed by atoms with Gasteiger partial charge in [0.15, 0.2) is 0 Å². The molecule has 3 aromatic rings. The van der Waals surface area contributed by atoms with Crippen LogP contribution < -0.4 is 15.3 Å². The summed E-state index contributed by atoms with van der Waals surface area (Å²) in [7, 11) is 0. The number of hydrogen-bond donors (Lipinski definition) is 0. The van der Waals surface area contributed by atoms with E-state index in [1.165, 1.54) is 36.4 Å². The molecule has 3 nitrogen and oxygen atoms in total.